The third-order valence-electron chi connectivity index (χ3n) is 2.37. The van der Waals surface area contributed by atoms with E-state index in [2.05, 4.69) is 4.74 Å². The lowest BCUT2D eigenvalue weighted by atomic mass is 9.92. The van der Waals surface area contributed by atoms with E-state index in [1.165, 1.54) is 0 Å². The molecule has 1 aliphatic heterocycles. The number of hydrogen-bond acceptors (Lipinski definition) is 6. The molecule has 5 N–H and O–H groups in total. The van der Waals surface area contributed by atoms with Gasteiger partial charge in [0.15, 0.2) is 0 Å². The van der Waals surface area contributed by atoms with Gasteiger partial charge >= 0.3 is 6.18 Å². The Bertz CT molecular complexity index is 257. The average molecular weight is 248 g/mol. The summed E-state index contributed by atoms with van der Waals surface area (Å²) in [5.74, 6) is -4.01. The first-order valence-electron chi connectivity index (χ1n) is 4.27. The minimum atomic E-state index is -5.37. The Morgan fingerprint density at radius 3 is 2.00 bits per heavy atom. The molecule has 0 aromatic heterocycles. The van der Waals surface area contributed by atoms with Crippen LogP contribution in [-0.4, -0.2) is 68.5 Å². The van der Waals surface area contributed by atoms with E-state index in [0.29, 0.717) is 0 Å². The maximum Gasteiger partial charge on any atom is 0.446 e. The average Bonchev–Trinajstić information content (AvgIpc) is 2.19. The fourth-order valence-electron chi connectivity index (χ4n) is 1.39. The van der Waals surface area contributed by atoms with E-state index < -0.39 is 43.0 Å². The van der Waals surface area contributed by atoms with Gasteiger partial charge in [-0.05, 0) is 0 Å². The fraction of sp³-hybridized carbons (Fsp3) is 1.00. The van der Waals surface area contributed by atoms with E-state index in [0.717, 1.165) is 0 Å². The highest BCUT2D eigenvalue weighted by atomic mass is 19.4. The highest BCUT2D eigenvalue weighted by molar-refractivity contribution is 4.99. The molecule has 0 radical (unpaired) electrons. The van der Waals surface area contributed by atoms with Crippen molar-refractivity contribution in [3.8, 4) is 0 Å². The standard InChI is InChI=1S/C7H11F3O6/c8-7(9,10)6(15)5(14)4(13)3(12)2(1-11)16-6/h2-5,11-15H,1H2. The normalized spacial score (nSPS) is 45.8. The molecule has 9 heteroatoms. The second-order valence-electron chi connectivity index (χ2n) is 3.46. The van der Waals surface area contributed by atoms with E-state index in [9.17, 15) is 13.2 Å². The van der Waals surface area contributed by atoms with Crippen LogP contribution in [0, 0.1) is 0 Å². The number of halogens is 3. The predicted molar refractivity (Wildman–Crippen MR) is 41.0 cm³/mol. The van der Waals surface area contributed by atoms with Crippen LogP contribution >= 0.6 is 0 Å². The summed E-state index contributed by atoms with van der Waals surface area (Å²) < 4.78 is 41.1. The fourth-order valence-corrected chi connectivity index (χ4v) is 1.39. The first kappa shape index (κ1) is 13.6. The largest absolute Gasteiger partial charge is 0.446 e. The summed E-state index contributed by atoms with van der Waals surface area (Å²) in [4.78, 5) is 0. The maximum atomic E-state index is 12.4. The van der Waals surface area contributed by atoms with Crippen LogP contribution in [0.15, 0.2) is 0 Å². The van der Waals surface area contributed by atoms with Crippen molar-refractivity contribution in [2.24, 2.45) is 0 Å². The molecule has 5 unspecified atom stereocenters. The molecule has 16 heavy (non-hydrogen) atoms. The Hall–Kier alpha value is -0.450. The van der Waals surface area contributed by atoms with E-state index in [1.54, 1.807) is 0 Å². The Morgan fingerprint density at radius 1 is 1.12 bits per heavy atom. The van der Waals surface area contributed by atoms with Gasteiger partial charge in [0.05, 0.1) is 6.61 Å². The van der Waals surface area contributed by atoms with Crippen LogP contribution in [0.1, 0.15) is 0 Å². The van der Waals surface area contributed by atoms with Crippen molar-refractivity contribution in [1.29, 1.82) is 0 Å². The van der Waals surface area contributed by atoms with Gasteiger partial charge in [-0.15, -0.1) is 0 Å². The molecule has 0 aliphatic carbocycles. The Morgan fingerprint density at radius 2 is 1.62 bits per heavy atom. The molecule has 0 spiro atoms. The second-order valence-corrected chi connectivity index (χ2v) is 3.46. The van der Waals surface area contributed by atoms with Crippen LogP contribution in [0.5, 0.6) is 0 Å². The molecule has 1 heterocycles. The molecule has 0 saturated carbocycles. The molecule has 6 nitrogen and oxygen atoms in total. The molecule has 0 amide bonds. The van der Waals surface area contributed by atoms with Crippen molar-refractivity contribution in [2.75, 3.05) is 6.61 Å². The third-order valence-corrected chi connectivity index (χ3v) is 2.37. The Labute approximate surface area is 87.5 Å². The van der Waals surface area contributed by atoms with Gasteiger partial charge in [0.2, 0.25) is 0 Å². The molecule has 1 saturated heterocycles. The van der Waals surface area contributed by atoms with Crippen LogP contribution in [0.4, 0.5) is 13.2 Å². The first-order valence-corrected chi connectivity index (χ1v) is 4.27. The van der Waals surface area contributed by atoms with Crippen LogP contribution < -0.4 is 0 Å². The van der Waals surface area contributed by atoms with Crippen molar-refractivity contribution >= 4 is 0 Å². The van der Waals surface area contributed by atoms with Crippen LogP contribution in [0.3, 0.4) is 0 Å². The summed E-state index contributed by atoms with van der Waals surface area (Å²) in [7, 11) is 0. The Kier molecular flexibility index (Phi) is 3.48. The summed E-state index contributed by atoms with van der Waals surface area (Å²) in [5.41, 5.74) is 0. The topological polar surface area (TPSA) is 110 Å². The number of alkyl halides is 3. The molecular formula is C7H11F3O6. The smallest absolute Gasteiger partial charge is 0.394 e. The summed E-state index contributed by atoms with van der Waals surface area (Å²) in [6.07, 6.45) is -14.2. The van der Waals surface area contributed by atoms with Gasteiger partial charge in [-0.1, -0.05) is 0 Å². The van der Waals surface area contributed by atoms with E-state index in [1.807, 2.05) is 0 Å². The lowest BCUT2D eigenvalue weighted by Crippen LogP contribution is -2.70. The molecule has 1 aliphatic rings. The molecule has 0 aromatic carbocycles. The minimum absolute atomic E-state index is 1.05. The summed E-state index contributed by atoms with van der Waals surface area (Å²) in [5, 5.41) is 45.0. The Balaban J connectivity index is 3.04. The van der Waals surface area contributed by atoms with Gasteiger partial charge in [-0.25, -0.2) is 0 Å². The molecule has 5 atom stereocenters. The third kappa shape index (κ3) is 1.90. The number of rotatable bonds is 1. The SMILES string of the molecule is OCC1OC(O)(C(F)(F)F)C(O)C(O)C1O. The lowest BCUT2D eigenvalue weighted by molar-refractivity contribution is -0.439. The van der Waals surface area contributed by atoms with Gasteiger partial charge in [0.1, 0.15) is 24.4 Å². The van der Waals surface area contributed by atoms with Crippen LogP contribution in [0.2, 0.25) is 0 Å². The molecular weight excluding hydrogens is 237 g/mol. The maximum absolute atomic E-state index is 12.4. The summed E-state index contributed by atoms with van der Waals surface area (Å²) in [6, 6.07) is 0. The first-order chi connectivity index (χ1) is 7.15. The highest BCUT2D eigenvalue weighted by Crippen LogP contribution is 2.40. The molecule has 0 aromatic rings. The van der Waals surface area contributed by atoms with E-state index in [-0.39, 0.29) is 0 Å². The van der Waals surface area contributed by atoms with Gasteiger partial charge in [0, 0.05) is 0 Å². The van der Waals surface area contributed by atoms with Crippen molar-refractivity contribution < 1.29 is 43.4 Å². The zero-order chi connectivity index (χ0) is 12.7. The monoisotopic (exact) mass is 248 g/mol. The van der Waals surface area contributed by atoms with Crippen LogP contribution in [0.25, 0.3) is 0 Å². The van der Waals surface area contributed by atoms with Crippen molar-refractivity contribution in [3.63, 3.8) is 0 Å². The van der Waals surface area contributed by atoms with E-state index in [4.69, 9.17) is 25.5 Å². The minimum Gasteiger partial charge on any atom is -0.394 e. The number of hydrogen-bond donors (Lipinski definition) is 5. The zero-order valence-corrected chi connectivity index (χ0v) is 7.79. The summed E-state index contributed by atoms with van der Waals surface area (Å²) in [6.45, 7) is -1.05. The number of aliphatic hydroxyl groups is 5. The van der Waals surface area contributed by atoms with Crippen molar-refractivity contribution in [1.82, 2.24) is 0 Å². The van der Waals surface area contributed by atoms with E-state index >= 15 is 0 Å². The second kappa shape index (κ2) is 4.09. The lowest BCUT2D eigenvalue weighted by Gasteiger charge is -2.45. The highest BCUT2D eigenvalue weighted by Gasteiger charge is 2.67. The predicted octanol–water partition coefficient (Wildman–Crippen LogP) is -2.29. The van der Waals surface area contributed by atoms with Gasteiger partial charge in [-0.3, -0.25) is 0 Å². The van der Waals surface area contributed by atoms with Crippen molar-refractivity contribution in [3.05, 3.63) is 0 Å². The van der Waals surface area contributed by atoms with Gasteiger partial charge in [-0.2, -0.15) is 13.2 Å². The number of ether oxygens (including phenoxy) is 1. The quantitative estimate of drug-likeness (QED) is 0.357. The van der Waals surface area contributed by atoms with Crippen LogP contribution in [-0.2, 0) is 4.74 Å². The molecule has 96 valence electrons. The molecule has 0 bridgehead atoms. The zero-order valence-electron chi connectivity index (χ0n) is 7.79. The van der Waals surface area contributed by atoms with Crippen molar-refractivity contribution in [2.45, 2.75) is 36.4 Å². The molecule has 1 fully saturated rings. The summed E-state index contributed by atoms with van der Waals surface area (Å²) >= 11 is 0. The number of aliphatic hydroxyl groups excluding tert-OH is 4. The van der Waals surface area contributed by atoms with Gasteiger partial charge < -0.3 is 30.3 Å². The molecule has 1 rings (SSSR count). The van der Waals surface area contributed by atoms with Gasteiger partial charge in [0.25, 0.3) is 5.79 Å².